The van der Waals surface area contributed by atoms with Crippen LogP contribution in [0.3, 0.4) is 0 Å². The number of H-pyrrole nitrogens is 1. The number of esters is 1. The van der Waals surface area contributed by atoms with Crippen LogP contribution in [-0.2, 0) is 22.4 Å². The van der Waals surface area contributed by atoms with E-state index in [1.165, 1.54) is 5.56 Å². The molecule has 1 aromatic carbocycles. The molecule has 2 rings (SSSR count). The third-order valence-electron chi connectivity index (χ3n) is 3.31. The van der Waals surface area contributed by atoms with E-state index in [0.717, 1.165) is 19.3 Å². The highest BCUT2D eigenvalue weighted by Crippen LogP contribution is 2.17. The molecule has 1 N–H and O–H groups in total. The largest absolute Gasteiger partial charge is 0.479 e. The van der Waals surface area contributed by atoms with Gasteiger partial charge >= 0.3 is 5.97 Å². The zero-order valence-corrected chi connectivity index (χ0v) is 17.8. The molecule has 0 saturated carbocycles. The average molecular weight is 395 g/mol. The summed E-state index contributed by atoms with van der Waals surface area (Å²) in [6.07, 6.45) is 1.86. The van der Waals surface area contributed by atoms with Crippen molar-refractivity contribution in [3.63, 3.8) is 0 Å². The van der Waals surface area contributed by atoms with E-state index in [4.69, 9.17) is 26.1 Å². The molecule has 0 amide bonds. The maximum atomic E-state index is 11.9. The maximum absolute atomic E-state index is 11.9. The van der Waals surface area contributed by atoms with Crippen molar-refractivity contribution >= 4 is 18.2 Å². The normalized spacial score (nSPS) is 11.9. The molecule has 0 radical (unpaired) electrons. The van der Waals surface area contributed by atoms with Gasteiger partial charge in [0.2, 0.25) is 5.89 Å². The first kappa shape index (κ1) is 22.9. The number of benzene rings is 1. The Morgan fingerprint density at radius 3 is 2.37 bits per heavy atom. The van der Waals surface area contributed by atoms with Crippen LogP contribution in [0.4, 0.5) is 0 Å². The van der Waals surface area contributed by atoms with E-state index < -0.39 is 11.7 Å². The number of nitrogens with zero attached hydrogens (tertiary/aromatic N) is 1. The van der Waals surface area contributed by atoms with E-state index in [-0.39, 0.29) is 5.97 Å². The quantitative estimate of drug-likeness (QED) is 0.523. The summed E-state index contributed by atoms with van der Waals surface area (Å²) in [7, 11) is 0. The Labute approximate surface area is 166 Å². The van der Waals surface area contributed by atoms with Crippen LogP contribution in [0.25, 0.3) is 0 Å². The molecule has 0 aliphatic carbocycles. The molecule has 1 heterocycles. The van der Waals surface area contributed by atoms with Crippen molar-refractivity contribution in [2.24, 2.45) is 0 Å². The van der Waals surface area contributed by atoms with E-state index in [9.17, 15) is 4.79 Å². The van der Waals surface area contributed by atoms with Gasteiger partial charge in [0.1, 0.15) is 11.4 Å². The lowest BCUT2D eigenvalue weighted by atomic mass is 10.1. The number of aromatic amines is 1. The molecule has 0 bridgehead atoms. The summed E-state index contributed by atoms with van der Waals surface area (Å²) in [5, 5.41) is 6.59. The molecule has 0 saturated heterocycles. The monoisotopic (exact) mass is 394 g/mol. The number of aromatic nitrogens is 2. The first-order chi connectivity index (χ1) is 12.7. The fraction of sp³-hybridized carbons (Fsp3) is 0.550. The molecule has 7 heteroatoms. The van der Waals surface area contributed by atoms with E-state index in [1.54, 1.807) is 6.92 Å². The first-order valence-electron chi connectivity index (χ1n) is 9.26. The number of hydrogen-bond acceptors (Lipinski definition) is 6. The van der Waals surface area contributed by atoms with Crippen LogP contribution in [0, 0.1) is 4.84 Å². The Hall–Kier alpha value is -2.15. The predicted octanol–water partition coefficient (Wildman–Crippen LogP) is 5.04. The molecule has 1 unspecified atom stereocenters. The second kappa shape index (κ2) is 10.9. The molecular formula is C20H30N2O4S. The van der Waals surface area contributed by atoms with Gasteiger partial charge in [-0.3, -0.25) is 0 Å². The summed E-state index contributed by atoms with van der Waals surface area (Å²) in [6, 6.07) is 7.68. The maximum Gasteiger partial charge on any atom is 0.347 e. The minimum absolute atomic E-state index is 0.301. The fourth-order valence-corrected chi connectivity index (χ4v) is 2.32. The van der Waals surface area contributed by atoms with Gasteiger partial charge in [0.25, 0.3) is 4.84 Å². The van der Waals surface area contributed by atoms with E-state index in [0.29, 0.717) is 16.5 Å². The number of carbonyl (C=O) groups is 1. The van der Waals surface area contributed by atoms with Crippen molar-refractivity contribution in [3.8, 4) is 5.75 Å². The van der Waals surface area contributed by atoms with E-state index >= 15 is 0 Å². The highest BCUT2D eigenvalue weighted by Gasteiger charge is 2.22. The Morgan fingerprint density at radius 2 is 1.85 bits per heavy atom. The van der Waals surface area contributed by atoms with Crippen molar-refractivity contribution in [2.75, 3.05) is 0 Å². The van der Waals surface area contributed by atoms with Crippen LogP contribution < -0.4 is 4.74 Å². The van der Waals surface area contributed by atoms with Crippen LogP contribution in [-0.4, -0.2) is 27.9 Å². The molecule has 2 aromatic rings. The highest BCUT2D eigenvalue weighted by molar-refractivity contribution is 7.71. The van der Waals surface area contributed by atoms with Crippen molar-refractivity contribution in [1.82, 2.24) is 10.2 Å². The van der Waals surface area contributed by atoms with Gasteiger partial charge in [-0.15, -0.1) is 5.10 Å². The average Bonchev–Trinajstić information content (AvgIpc) is 3.02. The number of hydrogen-bond donors (Lipinski definition) is 1. The second-order valence-electron chi connectivity index (χ2n) is 6.80. The summed E-state index contributed by atoms with van der Waals surface area (Å²) < 4.78 is 16.2. The van der Waals surface area contributed by atoms with Gasteiger partial charge in [0.15, 0.2) is 6.10 Å². The van der Waals surface area contributed by atoms with Gasteiger partial charge in [-0.2, -0.15) is 0 Å². The molecule has 6 nitrogen and oxygen atoms in total. The van der Waals surface area contributed by atoms with Crippen LogP contribution >= 0.6 is 12.2 Å². The van der Waals surface area contributed by atoms with Crippen LogP contribution in [0.1, 0.15) is 59.4 Å². The van der Waals surface area contributed by atoms with E-state index in [1.807, 2.05) is 58.9 Å². The van der Waals surface area contributed by atoms with Crippen molar-refractivity contribution in [2.45, 2.75) is 72.5 Å². The van der Waals surface area contributed by atoms with Crippen molar-refractivity contribution in [3.05, 3.63) is 40.6 Å². The third-order valence-corrected chi connectivity index (χ3v) is 3.49. The van der Waals surface area contributed by atoms with Crippen molar-refractivity contribution < 1.29 is 18.7 Å². The number of rotatable bonds is 7. The van der Waals surface area contributed by atoms with Gasteiger partial charge in [-0.1, -0.05) is 26.0 Å². The smallest absolute Gasteiger partial charge is 0.347 e. The highest BCUT2D eigenvalue weighted by atomic mass is 32.1. The number of nitrogens with one attached hydrogen (secondary N) is 1. The van der Waals surface area contributed by atoms with Gasteiger partial charge in [-0.25, -0.2) is 9.89 Å². The summed E-state index contributed by atoms with van der Waals surface area (Å²) in [4.78, 5) is 12.2. The molecule has 0 aliphatic heterocycles. The van der Waals surface area contributed by atoms with Gasteiger partial charge in [-0.05, 0) is 70.5 Å². The second-order valence-corrected chi connectivity index (χ2v) is 7.17. The number of carbonyl (C=O) groups excluding carboxylic acids is 1. The Morgan fingerprint density at radius 1 is 1.22 bits per heavy atom. The predicted molar refractivity (Wildman–Crippen MR) is 107 cm³/mol. The third kappa shape index (κ3) is 8.86. The summed E-state index contributed by atoms with van der Waals surface area (Å²) in [5.74, 6) is 0.886. The SMILES string of the molecule is CC.CC(Oc1ccc(CCCc2n[nH]c(=S)o2)cc1)C(=O)OC(C)(C)C. The topological polar surface area (TPSA) is 77.4 Å². The summed E-state index contributed by atoms with van der Waals surface area (Å²) in [5.41, 5.74) is 0.650. The molecular weight excluding hydrogens is 364 g/mol. The molecule has 1 atom stereocenters. The van der Waals surface area contributed by atoms with E-state index in [2.05, 4.69) is 10.2 Å². The number of aryl methyl sites for hydroxylation is 2. The molecule has 0 aliphatic rings. The molecule has 0 spiro atoms. The Bertz CT molecular complexity index is 744. The lowest BCUT2D eigenvalue weighted by Gasteiger charge is -2.22. The molecule has 0 fully saturated rings. The summed E-state index contributed by atoms with van der Waals surface area (Å²) >= 11 is 4.84. The van der Waals surface area contributed by atoms with Crippen LogP contribution in [0.15, 0.2) is 28.7 Å². The number of ether oxygens (including phenoxy) is 2. The molecule has 150 valence electrons. The zero-order chi connectivity index (χ0) is 20.4. The van der Waals surface area contributed by atoms with Crippen molar-refractivity contribution in [1.29, 1.82) is 0 Å². The molecule has 1 aromatic heterocycles. The molecule has 27 heavy (non-hydrogen) atoms. The lowest BCUT2D eigenvalue weighted by molar-refractivity contribution is -0.162. The minimum atomic E-state index is -0.654. The first-order valence-corrected chi connectivity index (χ1v) is 9.66. The Kier molecular flexibility index (Phi) is 9.21. The van der Waals surface area contributed by atoms with Crippen LogP contribution in [0.2, 0.25) is 0 Å². The van der Waals surface area contributed by atoms with Gasteiger partial charge < -0.3 is 13.9 Å². The van der Waals surface area contributed by atoms with Gasteiger partial charge in [0, 0.05) is 6.42 Å². The summed E-state index contributed by atoms with van der Waals surface area (Å²) in [6.45, 7) is 11.2. The van der Waals surface area contributed by atoms with Crippen LogP contribution in [0.5, 0.6) is 5.75 Å². The minimum Gasteiger partial charge on any atom is -0.479 e. The zero-order valence-electron chi connectivity index (χ0n) is 17.0. The Balaban J connectivity index is 0.00000176. The fourth-order valence-electron chi connectivity index (χ4n) is 2.18. The lowest BCUT2D eigenvalue weighted by Crippen LogP contribution is -2.33. The van der Waals surface area contributed by atoms with Gasteiger partial charge in [0.05, 0.1) is 0 Å². The standard InChI is InChI=1S/C18H24N2O4S.C2H6/c1-12(16(21)24-18(2,3)4)22-14-10-8-13(9-11-14)6-5-7-15-19-20-17(25)23-15;1-2/h8-12H,5-7H2,1-4H3,(H,20,25);1-2H3.